The molecule has 2 aromatic heterocycles. The number of rotatable bonds is 6. The van der Waals surface area contributed by atoms with Crippen molar-refractivity contribution < 1.29 is 0 Å². The summed E-state index contributed by atoms with van der Waals surface area (Å²) in [5.74, 6) is 0. The molecule has 0 atom stereocenters. The highest BCUT2D eigenvalue weighted by molar-refractivity contribution is 6.13. The number of fused-ring (bicyclic) bond motifs is 8. The Labute approximate surface area is 341 Å². The van der Waals surface area contributed by atoms with E-state index in [4.69, 9.17) is 0 Å². The normalized spacial score (nSPS) is 11.7. The molecule has 0 aliphatic rings. The van der Waals surface area contributed by atoms with E-state index >= 15 is 0 Å². The van der Waals surface area contributed by atoms with Crippen LogP contribution in [-0.4, -0.2) is 9.13 Å². The van der Waals surface area contributed by atoms with E-state index in [9.17, 15) is 0 Å². The molecular weight excluding hydrogens is 715 g/mol. The maximum atomic E-state index is 2.44. The van der Waals surface area contributed by atoms with E-state index in [0.29, 0.717) is 0 Å². The molecule has 3 heteroatoms. The Morgan fingerprint density at radius 3 is 1.37 bits per heavy atom. The number of hydrogen-bond acceptors (Lipinski definition) is 1. The van der Waals surface area contributed by atoms with E-state index in [0.717, 1.165) is 17.1 Å². The van der Waals surface area contributed by atoms with Crippen LogP contribution in [0.4, 0.5) is 17.1 Å². The van der Waals surface area contributed by atoms with Gasteiger partial charge >= 0.3 is 0 Å². The molecule has 276 valence electrons. The summed E-state index contributed by atoms with van der Waals surface area (Å²) in [5, 5.41) is 9.92. The second-order valence-electron chi connectivity index (χ2n) is 15.4. The number of nitrogens with zero attached hydrogens (tertiary/aromatic N) is 3. The van der Waals surface area contributed by atoms with Crippen molar-refractivity contribution in [2.75, 3.05) is 4.90 Å². The van der Waals surface area contributed by atoms with Crippen LogP contribution < -0.4 is 4.90 Å². The van der Waals surface area contributed by atoms with Crippen LogP contribution in [0.1, 0.15) is 0 Å². The first-order valence-electron chi connectivity index (χ1n) is 20.3. The van der Waals surface area contributed by atoms with Crippen LogP contribution in [0.25, 0.3) is 87.7 Å². The number of anilines is 3. The zero-order chi connectivity index (χ0) is 38.9. The number of hydrogen-bond donors (Lipinski definition) is 0. The Bertz CT molecular complexity index is 3540. The largest absolute Gasteiger partial charge is 0.310 e. The summed E-state index contributed by atoms with van der Waals surface area (Å²) in [5.41, 5.74) is 12.8. The molecule has 2 heterocycles. The Kier molecular flexibility index (Phi) is 7.54. The number of para-hydroxylation sites is 3. The first kappa shape index (κ1) is 33.3. The van der Waals surface area contributed by atoms with Crippen molar-refractivity contribution >= 4 is 82.2 Å². The minimum absolute atomic E-state index is 1.10. The average molecular weight is 752 g/mol. The molecule has 0 saturated heterocycles. The van der Waals surface area contributed by atoms with Gasteiger partial charge in [-0.2, -0.15) is 0 Å². The minimum atomic E-state index is 1.10. The second-order valence-corrected chi connectivity index (χ2v) is 15.4. The third-order valence-electron chi connectivity index (χ3n) is 12.1. The first-order chi connectivity index (χ1) is 29.3. The second kappa shape index (κ2) is 13.4. The Hall–Kier alpha value is -7.88. The van der Waals surface area contributed by atoms with Gasteiger partial charge in [0.25, 0.3) is 0 Å². The smallest absolute Gasteiger partial charge is 0.0562 e. The molecule has 0 fully saturated rings. The van der Waals surface area contributed by atoms with Gasteiger partial charge in [0.2, 0.25) is 0 Å². The Balaban J connectivity index is 0.989. The molecule has 0 amide bonds. The predicted octanol–water partition coefficient (Wildman–Crippen LogP) is 15.3. The number of aromatic nitrogens is 2. The highest BCUT2D eigenvalue weighted by Crippen LogP contribution is 2.42. The van der Waals surface area contributed by atoms with E-state index in [1.165, 1.54) is 87.7 Å². The van der Waals surface area contributed by atoms with Crippen molar-refractivity contribution in [1.29, 1.82) is 0 Å². The van der Waals surface area contributed by atoms with Crippen molar-refractivity contribution in [3.05, 3.63) is 224 Å². The molecule has 0 bridgehead atoms. The van der Waals surface area contributed by atoms with Gasteiger partial charge < -0.3 is 14.0 Å². The summed E-state index contributed by atoms with van der Waals surface area (Å²) in [6.07, 6.45) is 0. The molecule has 0 aliphatic heterocycles. The Morgan fingerprint density at radius 2 is 0.712 bits per heavy atom. The lowest BCUT2D eigenvalue weighted by Gasteiger charge is -2.26. The van der Waals surface area contributed by atoms with Crippen LogP contribution in [0.3, 0.4) is 0 Å². The van der Waals surface area contributed by atoms with E-state index in [2.05, 4.69) is 238 Å². The predicted molar refractivity (Wildman–Crippen MR) is 250 cm³/mol. The van der Waals surface area contributed by atoms with Gasteiger partial charge in [0.15, 0.2) is 0 Å². The van der Waals surface area contributed by atoms with Gasteiger partial charge in [-0.25, -0.2) is 0 Å². The summed E-state index contributed by atoms with van der Waals surface area (Å²) < 4.78 is 4.87. The van der Waals surface area contributed by atoms with Crippen molar-refractivity contribution in [2.24, 2.45) is 0 Å². The maximum absolute atomic E-state index is 2.44. The van der Waals surface area contributed by atoms with Gasteiger partial charge in [-0.1, -0.05) is 152 Å². The fourth-order valence-corrected chi connectivity index (χ4v) is 9.40. The van der Waals surface area contributed by atoms with Gasteiger partial charge in [-0.15, -0.1) is 0 Å². The topological polar surface area (TPSA) is 13.1 Å². The summed E-state index contributed by atoms with van der Waals surface area (Å²) in [4.78, 5) is 2.37. The molecule has 0 unspecified atom stereocenters. The van der Waals surface area contributed by atoms with Crippen LogP contribution in [0.15, 0.2) is 224 Å². The minimum Gasteiger partial charge on any atom is -0.310 e. The van der Waals surface area contributed by atoms with Gasteiger partial charge in [-0.05, 0) is 94.7 Å². The third-order valence-corrected chi connectivity index (χ3v) is 12.1. The van der Waals surface area contributed by atoms with Gasteiger partial charge in [0.1, 0.15) is 0 Å². The van der Waals surface area contributed by atoms with Crippen LogP contribution >= 0.6 is 0 Å². The van der Waals surface area contributed by atoms with Crippen LogP contribution in [-0.2, 0) is 0 Å². The van der Waals surface area contributed by atoms with Crippen LogP contribution in [0.2, 0.25) is 0 Å². The molecule has 0 radical (unpaired) electrons. The highest BCUT2D eigenvalue weighted by atomic mass is 15.1. The highest BCUT2D eigenvalue weighted by Gasteiger charge is 2.19. The molecule has 12 aromatic rings. The van der Waals surface area contributed by atoms with Gasteiger partial charge in [-0.3, -0.25) is 0 Å². The van der Waals surface area contributed by atoms with Crippen molar-refractivity contribution in [2.45, 2.75) is 0 Å². The van der Waals surface area contributed by atoms with E-state index < -0.39 is 0 Å². The van der Waals surface area contributed by atoms with E-state index in [1.54, 1.807) is 0 Å². The molecule has 3 nitrogen and oxygen atoms in total. The monoisotopic (exact) mass is 751 g/mol. The molecule has 0 spiro atoms. The lowest BCUT2D eigenvalue weighted by Crippen LogP contribution is -2.10. The fourth-order valence-electron chi connectivity index (χ4n) is 9.40. The summed E-state index contributed by atoms with van der Waals surface area (Å²) >= 11 is 0. The SMILES string of the molecule is c1ccc(N(c2ccc(-c3ccc4c(c3)c3ccccc3n4-c3cccc4ccccc34)cc2)c2ccc3c4ccccc4n(-c4cccc5ccccc45)c3c2)cc1. The molecule has 10 aromatic carbocycles. The first-order valence-corrected chi connectivity index (χ1v) is 20.3. The van der Waals surface area contributed by atoms with Crippen LogP contribution in [0, 0.1) is 0 Å². The molecule has 12 rings (SSSR count). The molecule has 0 aliphatic carbocycles. The average Bonchev–Trinajstić information content (AvgIpc) is 3.81. The molecule has 0 saturated carbocycles. The zero-order valence-electron chi connectivity index (χ0n) is 32.2. The van der Waals surface area contributed by atoms with Gasteiger partial charge in [0.05, 0.1) is 33.4 Å². The molecular formula is C56H37N3. The van der Waals surface area contributed by atoms with Crippen molar-refractivity contribution in [1.82, 2.24) is 9.13 Å². The van der Waals surface area contributed by atoms with Gasteiger partial charge in [0, 0.05) is 49.4 Å². The molecule has 59 heavy (non-hydrogen) atoms. The zero-order valence-corrected chi connectivity index (χ0v) is 32.2. The van der Waals surface area contributed by atoms with E-state index in [1.807, 2.05) is 0 Å². The van der Waals surface area contributed by atoms with E-state index in [-0.39, 0.29) is 0 Å². The standard InChI is InChI=1S/C56H37N3/c1-2-18-42(19-3-1)57(44-33-34-49-47-22-8-10-24-53(47)59(56(49)37-44)52-27-13-17-40-15-5-7-21-46(40)52)43-31-28-38(29-32-43)41-30-35-55-50(36-41)48-23-9-11-25-54(48)58(55)51-26-12-16-39-14-4-6-20-45(39)51/h1-37H. The maximum Gasteiger partial charge on any atom is 0.0562 e. The third kappa shape index (κ3) is 5.29. The summed E-state index contributed by atoms with van der Waals surface area (Å²) in [6, 6.07) is 81.7. The van der Waals surface area contributed by atoms with Crippen LogP contribution in [0.5, 0.6) is 0 Å². The lowest BCUT2D eigenvalue weighted by molar-refractivity contribution is 1.19. The quantitative estimate of drug-likeness (QED) is 0.165. The lowest BCUT2D eigenvalue weighted by atomic mass is 10.0. The summed E-state index contributed by atoms with van der Waals surface area (Å²) in [7, 11) is 0. The van der Waals surface area contributed by atoms with Crippen molar-refractivity contribution in [3.63, 3.8) is 0 Å². The Morgan fingerprint density at radius 1 is 0.254 bits per heavy atom. The summed E-state index contributed by atoms with van der Waals surface area (Å²) in [6.45, 7) is 0. The number of benzene rings is 10. The fraction of sp³-hybridized carbons (Fsp3) is 0. The molecule has 0 N–H and O–H groups in total. The van der Waals surface area contributed by atoms with Crippen molar-refractivity contribution in [3.8, 4) is 22.5 Å².